The van der Waals surface area contributed by atoms with E-state index < -0.39 is 0 Å². The molecule has 3 fully saturated rings. The first-order chi connectivity index (χ1) is 6.09. The molecule has 3 rings (SSSR count). The minimum absolute atomic E-state index is 0.381. The van der Waals surface area contributed by atoms with Gasteiger partial charge in [0.1, 0.15) is 0 Å². The highest BCUT2D eigenvalue weighted by atomic mass is 16.5. The molecule has 3 atom stereocenters. The Labute approximate surface area is 80.8 Å². The van der Waals surface area contributed by atoms with Crippen molar-refractivity contribution in [2.24, 2.45) is 17.3 Å². The summed E-state index contributed by atoms with van der Waals surface area (Å²) in [5.41, 5.74) is 1.01. The normalized spacial score (nSPS) is 52.2. The predicted octanol–water partition coefficient (Wildman–Crippen LogP) is 2.99. The van der Waals surface area contributed by atoms with Crippen molar-refractivity contribution < 1.29 is 4.74 Å². The van der Waals surface area contributed by atoms with Crippen LogP contribution in [0.15, 0.2) is 0 Å². The lowest BCUT2D eigenvalue weighted by molar-refractivity contribution is -0.146. The lowest BCUT2D eigenvalue weighted by Crippen LogP contribution is -2.41. The van der Waals surface area contributed by atoms with Gasteiger partial charge in [0.15, 0.2) is 0 Å². The van der Waals surface area contributed by atoms with Gasteiger partial charge in [0.25, 0.3) is 0 Å². The minimum atomic E-state index is 0.381. The van der Waals surface area contributed by atoms with Gasteiger partial charge in [-0.2, -0.15) is 0 Å². The van der Waals surface area contributed by atoms with Crippen LogP contribution in [0.1, 0.15) is 46.0 Å². The average molecular weight is 180 g/mol. The summed E-state index contributed by atoms with van der Waals surface area (Å²) >= 11 is 0. The Kier molecular flexibility index (Phi) is 1.47. The van der Waals surface area contributed by atoms with Gasteiger partial charge >= 0.3 is 0 Å². The topological polar surface area (TPSA) is 9.23 Å². The molecule has 0 aromatic rings. The van der Waals surface area contributed by atoms with E-state index in [0.29, 0.717) is 11.0 Å². The van der Waals surface area contributed by atoms with Crippen molar-refractivity contribution in [3.8, 4) is 0 Å². The van der Waals surface area contributed by atoms with Crippen LogP contribution in [0.2, 0.25) is 0 Å². The van der Waals surface area contributed by atoms with E-state index in [9.17, 15) is 0 Å². The van der Waals surface area contributed by atoms with Gasteiger partial charge in [-0.05, 0) is 49.4 Å². The van der Waals surface area contributed by atoms with Crippen molar-refractivity contribution >= 4 is 0 Å². The first-order valence-corrected chi connectivity index (χ1v) is 5.73. The zero-order valence-electron chi connectivity index (χ0n) is 8.81. The molecule has 1 spiro atoms. The van der Waals surface area contributed by atoms with Gasteiger partial charge in [-0.25, -0.2) is 0 Å². The second kappa shape index (κ2) is 2.31. The molecule has 1 heterocycles. The molecule has 13 heavy (non-hydrogen) atoms. The molecule has 3 aliphatic rings. The Bertz CT molecular complexity index is 209. The SMILES string of the molecule is CC1(C)C[C@@H]2CC3(CCO3)C[C@@H]2C1. The second-order valence-corrected chi connectivity index (χ2v) is 6.28. The van der Waals surface area contributed by atoms with Crippen molar-refractivity contribution in [1.82, 2.24) is 0 Å². The van der Waals surface area contributed by atoms with E-state index in [1.54, 1.807) is 0 Å². The van der Waals surface area contributed by atoms with E-state index in [2.05, 4.69) is 13.8 Å². The molecular formula is C12H20O. The monoisotopic (exact) mass is 180 g/mol. The first-order valence-electron chi connectivity index (χ1n) is 5.73. The van der Waals surface area contributed by atoms with Gasteiger partial charge in [-0.1, -0.05) is 13.8 Å². The van der Waals surface area contributed by atoms with Crippen LogP contribution in [0, 0.1) is 17.3 Å². The zero-order chi connectivity index (χ0) is 9.10. The van der Waals surface area contributed by atoms with Crippen LogP contribution in [-0.4, -0.2) is 12.2 Å². The summed E-state index contributed by atoms with van der Waals surface area (Å²) in [6.07, 6.45) is 6.99. The van der Waals surface area contributed by atoms with E-state index >= 15 is 0 Å². The minimum Gasteiger partial charge on any atom is -0.375 e. The van der Waals surface area contributed by atoms with Gasteiger partial charge in [0.2, 0.25) is 0 Å². The summed E-state index contributed by atoms with van der Waals surface area (Å²) < 4.78 is 5.78. The molecule has 0 aromatic heterocycles. The summed E-state index contributed by atoms with van der Waals surface area (Å²) in [5.74, 6) is 1.99. The van der Waals surface area contributed by atoms with Crippen LogP contribution in [0.3, 0.4) is 0 Å². The average Bonchev–Trinajstić information content (AvgIpc) is 2.35. The van der Waals surface area contributed by atoms with Crippen LogP contribution in [-0.2, 0) is 4.74 Å². The highest BCUT2D eigenvalue weighted by molar-refractivity contribution is 5.04. The third kappa shape index (κ3) is 1.16. The molecule has 74 valence electrons. The zero-order valence-corrected chi connectivity index (χ0v) is 8.81. The fraction of sp³-hybridized carbons (Fsp3) is 1.00. The molecule has 2 saturated carbocycles. The van der Waals surface area contributed by atoms with Crippen molar-refractivity contribution in [3.63, 3.8) is 0 Å². The van der Waals surface area contributed by atoms with Crippen LogP contribution in [0.25, 0.3) is 0 Å². The Balaban J connectivity index is 1.74. The summed E-state index contributed by atoms with van der Waals surface area (Å²) in [6.45, 7) is 5.89. The molecule has 0 N–H and O–H groups in total. The Morgan fingerprint density at radius 2 is 1.54 bits per heavy atom. The molecule has 2 aliphatic carbocycles. The standard InChI is InChI=1S/C12H20O/c1-11(2)5-9-7-12(3-4-13-12)8-10(9)6-11/h9-10H,3-8H2,1-2H3/t9-,10+,12?. The first kappa shape index (κ1) is 8.28. The summed E-state index contributed by atoms with van der Waals surface area (Å²) in [6, 6.07) is 0. The van der Waals surface area contributed by atoms with Crippen LogP contribution >= 0.6 is 0 Å². The van der Waals surface area contributed by atoms with Crippen LogP contribution in [0.5, 0.6) is 0 Å². The highest BCUT2D eigenvalue weighted by Crippen LogP contribution is 2.59. The number of hydrogen-bond acceptors (Lipinski definition) is 1. The largest absolute Gasteiger partial charge is 0.375 e. The van der Waals surface area contributed by atoms with Crippen LogP contribution in [0.4, 0.5) is 0 Å². The van der Waals surface area contributed by atoms with E-state index in [4.69, 9.17) is 4.74 Å². The van der Waals surface area contributed by atoms with Gasteiger partial charge in [-0.3, -0.25) is 0 Å². The fourth-order valence-electron chi connectivity index (χ4n) is 4.07. The molecule has 0 bridgehead atoms. The van der Waals surface area contributed by atoms with E-state index in [1.807, 2.05) is 0 Å². The van der Waals surface area contributed by atoms with Crippen molar-refractivity contribution in [2.75, 3.05) is 6.61 Å². The molecule has 1 heteroatoms. The molecule has 0 aromatic carbocycles. The lowest BCUT2D eigenvalue weighted by Gasteiger charge is -2.40. The quantitative estimate of drug-likeness (QED) is 0.557. The molecule has 1 unspecified atom stereocenters. The number of rotatable bonds is 0. The molecular weight excluding hydrogens is 160 g/mol. The van der Waals surface area contributed by atoms with Gasteiger partial charge < -0.3 is 4.74 Å². The number of hydrogen-bond donors (Lipinski definition) is 0. The maximum Gasteiger partial charge on any atom is 0.0710 e. The van der Waals surface area contributed by atoms with E-state index in [0.717, 1.165) is 18.4 Å². The second-order valence-electron chi connectivity index (χ2n) is 6.28. The van der Waals surface area contributed by atoms with E-state index in [1.165, 1.54) is 32.1 Å². The summed E-state index contributed by atoms with van der Waals surface area (Å²) in [7, 11) is 0. The van der Waals surface area contributed by atoms with Crippen molar-refractivity contribution in [1.29, 1.82) is 0 Å². The van der Waals surface area contributed by atoms with Gasteiger partial charge in [0, 0.05) is 0 Å². The Morgan fingerprint density at radius 3 is 1.92 bits per heavy atom. The lowest BCUT2D eigenvalue weighted by atomic mass is 9.83. The predicted molar refractivity (Wildman–Crippen MR) is 52.5 cm³/mol. The third-order valence-electron chi connectivity index (χ3n) is 4.53. The van der Waals surface area contributed by atoms with E-state index in [-0.39, 0.29) is 0 Å². The highest BCUT2D eigenvalue weighted by Gasteiger charge is 2.54. The molecule has 0 radical (unpaired) electrons. The van der Waals surface area contributed by atoms with Gasteiger partial charge in [0.05, 0.1) is 12.2 Å². The van der Waals surface area contributed by atoms with Gasteiger partial charge in [-0.15, -0.1) is 0 Å². The Morgan fingerprint density at radius 1 is 1.00 bits per heavy atom. The number of ether oxygens (including phenoxy) is 1. The smallest absolute Gasteiger partial charge is 0.0710 e. The molecule has 1 aliphatic heterocycles. The molecule has 0 amide bonds. The maximum atomic E-state index is 5.78. The Hall–Kier alpha value is -0.0400. The summed E-state index contributed by atoms with van der Waals surface area (Å²) in [5, 5.41) is 0. The van der Waals surface area contributed by atoms with Crippen molar-refractivity contribution in [3.05, 3.63) is 0 Å². The maximum absolute atomic E-state index is 5.78. The van der Waals surface area contributed by atoms with Crippen LogP contribution < -0.4 is 0 Å². The molecule has 1 nitrogen and oxygen atoms in total. The van der Waals surface area contributed by atoms with Crippen molar-refractivity contribution in [2.45, 2.75) is 51.6 Å². The number of fused-ring (bicyclic) bond motifs is 1. The molecule has 1 saturated heterocycles. The fourth-order valence-corrected chi connectivity index (χ4v) is 4.07. The third-order valence-corrected chi connectivity index (χ3v) is 4.53. The summed E-state index contributed by atoms with van der Waals surface area (Å²) in [4.78, 5) is 0.